The molecule has 2 atom stereocenters. The van der Waals surface area contributed by atoms with Gasteiger partial charge in [-0.2, -0.15) is 0 Å². The standard InChI is InChI=1S/C21H27F2N3O4/c1-13(2)18(24-19(27)17-14(22)5-3-6-15(17)23)21(29)26-10-8-25(9-11-26)20(28)16-7-4-12-30-16/h3,5-6,13,16,18H,4,7-12H2,1-2H3,(H,24,27)/t16-,18-/m0/s1. The number of halogens is 2. The molecule has 0 spiro atoms. The number of ether oxygens (including phenoxy) is 1. The number of nitrogens with one attached hydrogen (secondary N) is 1. The Morgan fingerprint density at radius 3 is 2.20 bits per heavy atom. The van der Waals surface area contributed by atoms with Crippen molar-refractivity contribution in [3.8, 4) is 0 Å². The van der Waals surface area contributed by atoms with E-state index >= 15 is 0 Å². The minimum Gasteiger partial charge on any atom is -0.368 e. The fraction of sp³-hybridized carbons (Fsp3) is 0.571. The lowest BCUT2D eigenvalue weighted by atomic mass is 10.0. The average molecular weight is 423 g/mol. The molecule has 2 fully saturated rings. The van der Waals surface area contributed by atoms with E-state index in [4.69, 9.17) is 4.74 Å². The van der Waals surface area contributed by atoms with Gasteiger partial charge in [-0.15, -0.1) is 0 Å². The molecule has 2 aliphatic heterocycles. The van der Waals surface area contributed by atoms with Crippen molar-refractivity contribution in [2.75, 3.05) is 32.8 Å². The summed E-state index contributed by atoms with van der Waals surface area (Å²) in [5.41, 5.74) is -0.706. The lowest BCUT2D eigenvalue weighted by Gasteiger charge is -2.38. The quantitative estimate of drug-likeness (QED) is 0.780. The van der Waals surface area contributed by atoms with Crippen molar-refractivity contribution in [3.63, 3.8) is 0 Å². The van der Waals surface area contributed by atoms with Crippen molar-refractivity contribution in [1.82, 2.24) is 15.1 Å². The Labute approximate surface area is 174 Å². The van der Waals surface area contributed by atoms with Crippen LogP contribution in [-0.4, -0.2) is 72.5 Å². The number of carbonyl (C=O) groups is 3. The molecule has 3 rings (SSSR count). The number of amides is 3. The molecule has 2 aliphatic rings. The molecule has 3 amide bonds. The highest BCUT2D eigenvalue weighted by Crippen LogP contribution is 2.18. The van der Waals surface area contributed by atoms with Gasteiger partial charge in [-0.1, -0.05) is 19.9 Å². The second-order valence-electron chi connectivity index (χ2n) is 7.94. The minimum atomic E-state index is -0.983. The highest BCUT2D eigenvalue weighted by Gasteiger charge is 2.35. The minimum absolute atomic E-state index is 0.0525. The van der Waals surface area contributed by atoms with Gasteiger partial charge in [-0.25, -0.2) is 8.78 Å². The van der Waals surface area contributed by atoms with Crippen LogP contribution in [-0.2, 0) is 14.3 Å². The van der Waals surface area contributed by atoms with Crippen LogP contribution in [0, 0.1) is 17.6 Å². The van der Waals surface area contributed by atoms with Crippen molar-refractivity contribution in [1.29, 1.82) is 0 Å². The summed E-state index contributed by atoms with van der Waals surface area (Å²) in [6.45, 7) is 5.49. The second kappa shape index (κ2) is 9.51. The largest absolute Gasteiger partial charge is 0.368 e. The lowest BCUT2D eigenvalue weighted by molar-refractivity contribution is -0.146. The fourth-order valence-electron chi connectivity index (χ4n) is 3.76. The molecule has 0 aromatic heterocycles. The second-order valence-corrected chi connectivity index (χ2v) is 7.94. The van der Waals surface area contributed by atoms with E-state index in [0.717, 1.165) is 18.6 Å². The van der Waals surface area contributed by atoms with Gasteiger partial charge < -0.3 is 19.9 Å². The topological polar surface area (TPSA) is 79.0 Å². The zero-order valence-corrected chi connectivity index (χ0v) is 17.2. The van der Waals surface area contributed by atoms with Crippen LogP contribution in [0.2, 0.25) is 0 Å². The smallest absolute Gasteiger partial charge is 0.257 e. The molecule has 30 heavy (non-hydrogen) atoms. The fourth-order valence-corrected chi connectivity index (χ4v) is 3.76. The molecule has 2 saturated heterocycles. The number of carbonyl (C=O) groups excluding carboxylic acids is 3. The SMILES string of the molecule is CC(C)[C@H](NC(=O)c1c(F)cccc1F)C(=O)N1CCN(C(=O)[C@@H]2CCCO2)CC1. The summed E-state index contributed by atoms with van der Waals surface area (Å²) in [6, 6.07) is 2.23. The van der Waals surface area contributed by atoms with Gasteiger partial charge in [0, 0.05) is 32.8 Å². The average Bonchev–Trinajstić information content (AvgIpc) is 3.25. The highest BCUT2D eigenvalue weighted by atomic mass is 19.1. The van der Waals surface area contributed by atoms with Crippen LogP contribution in [0.25, 0.3) is 0 Å². The van der Waals surface area contributed by atoms with Crippen LogP contribution in [0.15, 0.2) is 18.2 Å². The maximum absolute atomic E-state index is 13.9. The summed E-state index contributed by atoms with van der Waals surface area (Å²) >= 11 is 0. The van der Waals surface area contributed by atoms with E-state index in [1.54, 1.807) is 23.6 Å². The first kappa shape index (κ1) is 22.1. The third-order valence-electron chi connectivity index (χ3n) is 5.52. The summed E-state index contributed by atoms with van der Waals surface area (Å²) < 4.78 is 33.3. The number of hydrogen-bond donors (Lipinski definition) is 1. The zero-order valence-electron chi connectivity index (χ0n) is 17.2. The number of piperazine rings is 1. The molecular formula is C21H27F2N3O4. The third-order valence-corrected chi connectivity index (χ3v) is 5.52. The molecule has 1 aromatic rings. The Balaban J connectivity index is 1.62. The van der Waals surface area contributed by atoms with Crippen molar-refractivity contribution < 1.29 is 27.9 Å². The molecule has 0 radical (unpaired) electrons. The molecule has 1 N–H and O–H groups in total. The summed E-state index contributed by atoms with van der Waals surface area (Å²) in [5, 5.41) is 2.48. The Kier molecular flexibility index (Phi) is 7.02. The molecule has 0 unspecified atom stereocenters. The van der Waals surface area contributed by atoms with Crippen LogP contribution in [0.3, 0.4) is 0 Å². The van der Waals surface area contributed by atoms with Crippen molar-refractivity contribution >= 4 is 17.7 Å². The number of nitrogens with zero attached hydrogens (tertiary/aromatic N) is 2. The van der Waals surface area contributed by atoms with E-state index in [1.807, 2.05) is 0 Å². The van der Waals surface area contributed by atoms with Gasteiger partial charge in [0.1, 0.15) is 29.3 Å². The Hall–Kier alpha value is -2.55. The lowest BCUT2D eigenvalue weighted by Crippen LogP contribution is -2.58. The summed E-state index contributed by atoms with van der Waals surface area (Å²) in [6.07, 6.45) is 1.19. The Bertz CT molecular complexity index is 783. The monoisotopic (exact) mass is 423 g/mol. The number of benzene rings is 1. The van der Waals surface area contributed by atoms with Crippen molar-refractivity contribution in [2.45, 2.75) is 38.8 Å². The predicted octanol–water partition coefficient (Wildman–Crippen LogP) is 1.57. The van der Waals surface area contributed by atoms with E-state index in [9.17, 15) is 23.2 Å². The van der Waals surface area contributed by atoms with Crippen LogP contribution < -0.4 is 5.32 Å². The normalized spacial score (nSPS) is 20.4. The summed E-state index contributed by atoms with van der Waals surface area (Å²) in [7, 11) is 0. The molecule has 1 aromatic carbocycles. The van der Waals surface area contributed by atoms with Gasteiger partial charge in [-0.3, -0.25) is 14.4 Å². The molecule has 0 bridgehead atoms. The molecule has 0 aliphatic carbocycles. The molecule has 164 valence electrons. The van der Waals surface area contributed by atoms with E-state index in [-0.39, 0.29) is 17.7 Å². The van der Waals surface area contributed by atoms with Crippen LogP contribution in [0.5, 0.6) is 0 Å². The summed E-state index contributed by atoms with van der Waals surface area (Å²) in [4.78, 5) is 41.2. The molecule has 2 heterocycles. The van der Waals surface area contributed by atoms with E-state index in [1.165, 1.54) is 6.07 Å². The van der Waals surface area contributed by atoms with Crippen LogP contribution >= 0.6 is 0 Å². The van der Waals surface area contributed by atoms with Gasteiger partial charge in [0.25, 0.3) is 11.8 Å². The van der Waals surface area contributed by atoms with E-state index < -0.39 is 35.3 Å². The number of rotatable bonds is 5. The highest BCUT2D eigenvalue weighted by molar-refractivity contribution is 5.98. The first-order valence-electron chi connectivity index (χ1n) is 10.2. The van der Waals surface area contributed by atoms with Gasteiger partial charge in [-0.05, 0) is 30.9 Å². The molecule has 0 saturated carbocycles. The van der Waals surface area contributed by atoms with E-state index in [2.05, 4.69) is 5.32 Å². The van der Waals surface area contributed by atoms with Gasteiger partial charge >= 0.3 is 0 Å². The number of hydrogen-bond acceptors (Lipinski definition) is 4. The summed E-state index contributed by atoms with van der Waals surface area (Å²) in [5.74, 6) is -3.61. The van der Waals surface area contributed by atoms with Crippen LogP contribution in [0.1, 0.15) is 37.0 Å². The first-order valence-corrected chi connectivity index (χ1v) is 10.2. The predicted molar refractivity (Wildman–Crippen MR) is 105 cm³/mol. The zero-order chi connectivity index (χ0) is 21.8. The van der Waals surface area contributed by atoms with Gasteiger partial charge in [0.2, 0.25) is 5.91 Å². The Morgan fingerprint density at radius 1 is 1.07 bits per heavy atom. The maximum Gasteiger partial charge on any atom is 0.257 e. The van der Waals surface area contributed by atoms with Gasteiger partial charge in [0.05, 0.1) is 0 Å². The van der Waals surface area contributed by atoms with Gasteiger partial charge in [0.15, 0.2) is 0 Å². The molecule has 7 nitrogen and oxygen atoms in total. The third kappa shape index (κ3) is 4.77. The van der Waals surface area contributed by atoms with Crippen LogP contribution in [0.4, 0.5) is 8.78 Å². The van der Waals surface area contributed by atoms with Crippen molar-refractivity contribution in [3.05, 3.63) is 35.4 Å². The van der Waals surface area contributed by atoms with E-state index in [0.29, 0.717) is 39.2 Å². The van der Waals surface area contributed by atoms with Crippen molar-refractivity contribution in [2.24, 2.45) is 5.92 Å². The Morgan fingerprint density at radius 2 is 1.67 bits per heavy atom. The maximum atomic E-state index is 13.9. The molecular weight excluding hydrogens is 396 g/mol. The molecule has 9 heteroatoms. The first-order chi connectivity index (χ1) is 14.3.